The molecule has 0 spiro atoms. The van der Waals surface area contributed by atoms with E-state index in [9.17, 15) is 9.18 Å². The van der Waals surface area contributed by atoms with Crippen LogP contribution in [0.15, 0.2) is 35.1 Å². The summed E-state index contributed by atoms with van der Waals surface area (Å²) in [7, 11) is 0. The minimum absolute atomic E-state index is 0.00456. The largest absolute Gasteiger partial charge is 0.467 e. The van der Waals surface area contributed by atoms with Crippen LogP contribution in [-0.2, 0) is 0 Å². The van der Waals surface area contributed by atoms with Crippen LogP contribution in [0.5, 0.6) is 0 Å². The van der Waals surface area contributed by atoms with Crippen LogP contribution >= 0.6 is 11.6 Å². The van der Waals surface area contributed by atoms with Gasteiger partial charge in [0.05, 0.1) is 24.1 Å². The molecule has 0 aromatic carbocycles. The number of hydrogen-bond donors (Lipinski definition) is 1. The number of hydrogen-bond acceptors (Lipinski definition) is 3. The number of amides is 1. The van der Waals surface area contributed by atoms with E-state index in [0.717, 1.165) is 12.3 Å². The molecule has 1 atom stereocenters. The molecule has 6 heteroatoms. The molecule has 2 rings (SSSR count). The third-order valence-electron chi connectivity index (χ3n) is 2.37. The lowest BCUT2D eigenvalue weighted by Gasteiger charge is -2.11. The predicted molar refractivity (Wildman–Crippen MR) is 63.8 cm³/mol. The average molecular weight is 269 g/mol. The molecule has 0 aliphatic heterocycles. The molecule has 0 radical (unpaired) electrons. The molecule has 0 fully saturated rings. The first kappa shape index (κ1) is 12.6. The van der Waals surface area contributed by atoms with Crippen LogP contribution < -0.4 is 5.32 Å². The van der Waals surface area contributed by atoms with Gasteiger partial charge in [0.2, 0.25) is 0 Å². The number of nitrogens with zero attached hydrogens (tertiary/aromatic N) is 1. The number of carbonyl (C=O) groups excluding carboxylic acids is 1. The van der Waals surface area contributed by atoms with E-state index in [0.29, 0.717) is 5.76 Å². The van der Waals surface area contributed by atoms with Gasteiger partial charge in [-0.3, -0.25) is 4.79 Å². The Kier molecular flexibility index (Phi) is 3.62. The average Bonchev–Trinajstić information content (AvgIpc) is 2.85. The van der Waals surface area contributed by atoms with E-state index < -0.39 is 11.7 Å². The second kappa shape index (κ2) is 5.18. The van der Waals surface area contributed by atoms with Crippen molar-refractivity contribution in [2.45, 2.75) is 13.0 Å². The van der Waals surface area contributed by atoms with Gasteiger partial charge in [-0.15, -0.1) is 0 Å². The van der Waals surface area contributed by atoms with Gasteiger partial charge in [-0.05, 0) is 25.1 Å². The fourth-order valence-corrected chi connectivity index (χ4v) is 1.65. The maximum Gasteiger partial charge on any atom is 0.255 e. The number of halogens is 2. The summed E-state index contributed by atoms with van der Waals surface area (Å²) in [5, 5.41) is 2.60. The molecule has 1 unspecified atom stereocenters. The zero-order valence-corrected chi connectivity index (χ0v) is 10.2. The summed E-state index contributed by atoms with van der Waals surface area (Å²) in [5.41, 5.74) is -0.00456. The maximum absolute atomic E-state index is 13.0. The first-order valence-electron chi connectivity index (χ1n) is 5.23. The highest BCUT2D eigenvalue weighted by atomic mass is 35.5. The Morgan fingerprint density at radius 1 is 1.61 bits per heavy atom. The molecule has 0 aliphatic rings. The van der Waals surface area contributed by atoms with Crippen LogP contribution in [-0.4, -0.2) is 10.9 Å². The van der Waals surface area contributed by atoms with Gasteiger partial charge in [0.15, 0.2) is 0 Å². The minimum atomic E-state index is -0.616. The smallest absolute Gasteiger partial charge is 0.255 e. The Balaban J connectivity index is 2.15. The van der Waals surface area contributed by atoms with E-state index in [1.807, 2.05) is 0 Å². The second-order valence-corrected chi connectivity index (χ2v) is 4.06. The summed E-state index contributed by atoms with van der Waals surface area (Å²) in [6, 6.07) is 4.15. The lowest BCUT2D eigenvalue weighted by Crippen LogP contribution is -2.27. The maximum atomic E-state index is 13.0. The fraction of sp³-hybridized carbons (Fsp3) is 0.167. The molecule has 1 amide bonds. The van der Waals surface area contributed by atoms with Crippen molar-refractivity contribution in [1.82, 2.24) is 10.3 Å². The van der Waals surface area contributed by atoms with Gasteiger partial charge in [-0.1, -0.05) is 11.6 Å². The predicted octanol–water partition coefficient (Wildman–Crippen LogP) is 2.96. The lowest BCUT2D eigenvalue weighted by atomic mass is 10.2. The summed E-state index contributed by atoms with van der Waals surface area (Å²) in [4.78, 5) is 15.5. The van der Waals surface area contributed by atoms with Gasteiger partial charge in [0, 0.05) is 0 Å². The molecule has 2 aromatic rings. The van der Waals surface area contributed by atoms with E-state index in [-0.39, 0.29) is 16.8 Å². The number of pyridine rings is 1. The Morgan fingerprint density at radius 3 is 3.06 bits per heavy atom. The van der Waals surface area contributed by atoms with Gasteiger partial charge in [0.1, 0.15) is 16.7 Å². The van der Waals surface area contributed by atoms with Crippen molar-refractivity contribution in [3.8, 4) is 0 Å². The lowest BCUT2D eigenvalue weighted by molar-refractivity contribution is 0.0934. The zero-order chi connectivity index (χ0) is 13.1. The summed E-state index contributed by atoms with van der Waals surface area (Å²) in [6.07, 6.45) is 2.46. The van der Waals surface area contributed by atoms with Gasteiger partial charge in [-0.25, -0.2) is 9.37 Å². The highest BCUT2D eigenvalue weighted by Gasteiger charge is 2.17. The molecule has 94 valence electrons. The molecule has 18 heavy (non-hydrogen) atoms. The van der Waals surface area contributed by atoms with Crippen molar-refractivity contribution in [1.29, 1.82) is 0 Å². The Morgan fingerprint density at radius 2 is 2.39 bits per heavy atom. The number of carbonyl (C=O) groups is 1. The van der Waals surface area contributed by atoms with E-state index in [2.05, 4.69) is 10.3 Å². The number of furan rings is 1. The van der Waals surface area contributed by atoms with Crippen LogP contribution in [0.4, 0.5) is 4.39 Å². The van der Waals surface area contributed by atoms with E-state index >= 15 is 0 Å². The van der Waals surface area contributed by atoms with Crippen LogP contribution in [0.1, 0.15) is 29.1 Å². The summed E-state index contributed by atoms with van der Waals surface area (Å²) >= 11 is 5.74. The standard InChI is InChI=1S/C12H10ClFN2O2/c1-7(10-3-2-4-18-10)16-12(17)9-5-8(14)6-15-11(9)13/h2-7H,1H3,(H,16,17). The molecule has 4 nitrogen and oxygen atoms in total. The van der Waals surface area contributed by atoms with Gasteiger partial charge in [-0.2, -0.15) is 0 Å². The molecule has 0 aliphatic carbocycles. The third kappa shape index (κ3) is 2.68. The number of rotatable bonds is 3. The van der Waals surface area contributed by atoms with Crippen molar-refractivity contribution in [2.75, 3.05) is 0 Å². The van der Waals surface area contributed by atoms with Crippen LogP contribution in [0, 0.1) is 5.82 Å². The van der Waals surface area contributed by atoms with Crippen LogP contribution in [0.25, 0.3) is 0 Å². The molecule has 0 saturated heterocycles. The quantitative estimate of drug-likeness (QED) is 0.871. The topological polar surface area (TPSA) is 55.1 Å². The van der Waals surface area contributed by atoms with E-state index in [1.165, 1.54) is 6.26 Å². The van der Waals surface area contributed by atoms with Crippen LogP contribution in [0.3, 0.4) is 0 Å². The van der Waals surface area contributed by atoms with Gasteiger partial charge < -0.3 is 9.73 Å². The summed E-state index contributed by atoms with van der Waals surface area (Å²) in [5.74, 6) is -0.519. The molecule has 1 N–H and O–H groups in total. The summed E-state index contributed by atoms with van der Waals surface area (Å²) in [6.45, 7) is 1.75. The first-order chi connectivity index (χ1) is 8.58. The molecule has 0 saturated carbocycles. The highest BCUT2D eigenvalue weighted by Crippen LogP contribution is 2.17. The van der Waals surface area contributed by atoms with E-state index in [1.54, 1.807) is 19.1 Å². The Bertz CT molecular complexity index is 557. The highest BCUT2D eigenvalue weighted by molar-refractivity contribution is 6.32. The Labute approximate surface area is 108 Å². The third-order valence-corrected chi connectivity index (χ3v) is 2.67. The second-order valence-electron chi connectivity index (χ2n) is 3.70. The SMILES string of the molecule is CC(NC(=O)c1cc(F)cnc1Cl)c1ccco1. The van der Waals surface area contributed by atoms with Gasteiger partial charge in [0.25, 0.3) is 5.91 Å². The monoisotopic (exact) mass is 268 g/mol. The molecule has 2 aromatic heterocycles. The van der Waals surface area contributed by atoms with Crippen molar-refractivity contribution >= 4 is 17.5 Å². The van der Waals surface area contributed by atoms with Crippen molar-refractivity contribution in [3.63, 3.8) is 0 Å². The van der Waals surface area contributed by atoms with Gasteiger partial charge >= 0.3 is 0 Å². The minimum Gasteiger partial charge on any atom is -0.467 e. The fourth-order valence-electron chi connectivity index (χ4n) is 1.46. The van der Waals surface area contributed by atoms with Crippen LogP contribution in [0.2, 0.25) is 5.15 Å². The first-order valence-corrected chi connectivity index (χ1v) is 5.61. The molecular formula is C12H10ClFN2O2. The molecular weight excluding hydrogens is 259 g/mol. The van der Waals surface area contributed by atoms with Crippen molar-refractivity contribution < 1.29 is 13.6 Å². The normalized spacial score (nSPS) is 12.2. The van der Waals surface area contributed by atoms with Crippen molar-refractivity contribution in [2.24, 2.45) is 0 Å². The summed E-state index contributed by atoms with van der Waals surface area (Å²) < 4.78 is 18.1. The Hall–Kier alpha value is -1.88. The number of aromatic nitrogens is 1. The zero-order valence-electron chi connectivity index (χ0n) is 9.48. The number of nitrogens with one attached hydrogen (secondary N) is 1. The van der Waals surface area contributed by atoms with Crippen molar-refractivity contribution in [3.05, 3.63) is 53.0 Å². The van der Waals surface area contributed by atoms with E-state index in [4.69, 9.17) is 16.0 Å². The molecule has 2 heterocycles. The molecule has 0 bridgehead atoms.